The van der Waals surface area contributed by atoms with E-state index in [4.69, 9.17) is 0 Å². The van der Waals surface area contributed by atoms with Crippen LogP contribution in [0.3, 0.4) is 0 Å². The van der Waals surface area contributed by atoms with Crippen molar-refractivity contribution in [2.45, 2.75) is 46.3 Å². The summed E-state index contributed by atoms with van der Waals surface area (Å²) in [6, 6.07) is 0.414. The van der Waals surface area contributed by atoms with Gasteiger partial charge in [0.15, 0.2) is 0 Å². The van der Waals surface area contributed by atoms with E-state index in [1.54, 1.807) is 12.2 Å². The summed E-state index contributed by atoms with van der Waals surface area (Å²) in [6.45, 7) is 11.2. The number of rotatable bonds is 1. The van der Waals surface area contributed by atoms with E-state index < -0.39 is 6.17 Å². The molecule has 0 spiro atoms. The number of alkyl halides is 1. The van der Waals surface area contributed by atoms with Crippen LogP contribution in [0.15, 0.2) is 36.2 Å². The minimum absolute atomic E-state index is 0.0487. The zero-order valence-corrected chi connectivity index (χ0v) is 14.7. The van der Waals surface area contributed by atoms with E-state index in [0.29, 0.717) is 19.0 Å². The number of hydrogen-bond acceptors (Lipinski definition) is 2. The molecule has 2 aliphatic heterocycles. The van der Waals surface area contributed by atoms with Crippen LogP contribution in [0, 0.1) is 0 Å². The highest BCUT2D eigenvalue weighted by atomic mass is 19.1. The first-order valence-electron chi connectivity index (χ1n) is 8.23. The fourth-order valence-electron chi connectivity index (χ4n) is 1.99. The fraction of sp³-hybridized carbons (Fsp3) is 0.667. The van der Waals surface area contributed by atoms with Gasteiger partial charge in [-0.25, -0.2) is 8.78 Å². The maximum Gasteiger partial charge on any atom is 0.120 e. The van der Waals surface area contributed by atoms with Crippen molar-refractivity contribution < 1.29 is 8.78 Å². The maximum absolute atomic E-state index is 12.8. The van der Waals surface area contributed by atoms with E-state index in [-0.39, 0.29) is 5.83 Å². The highest BCUT2D eigenvalue weighted by Crippen LogP contribution is 2.08. The summed E-state index contributed by atoms with van der Waals surface area (Å²) in [7, 11) is 2.00. The van der Waals surface area contributed by atoms with Crippen LogP contribution < -0.4 is 0 Å². The molecule has 0 bridgehead atoms. The van der Waals surface area contributed by atoms with Crippen molar-refractivity contribution in [3.63, 3.8) is 0 Å². The van der Waals surface area contributed by atoms with Gasteiger partial charge in [0.2, 0.25) is 0 Å². The summed E-state index contributed by atoms with van der Waals surface area (Å²) in [5, 5.41) is 0. The first-order valence-corrected chi connectivity index (χ1v) is 8.23. The molecule has 2 rings (SSSR count). The lowest BCUT2D eigenvalue weighted by Gasteiger charge is -2.22. The van der Waals surface area contributed by atoms with E-state index in [1.165, 1.54) is 6.08 Å². The van der Waals surface area contributed by atoms with Crippen LogP contribution in [0.2, 0.25) is 0 Å². The normalized spacial score (nSPS) is 22.7. The van der Waals surface area contributed by atoms with Crippen LogP contribution in [0.25, 0.3) is 0 Å². The minimum Gasteiger partial charge on any atom is -0.303 e. The maximum atomic E-state index is 12.8. The van der Waals surface area contributed by atoms with Crippen LogP contribution in [-0.4, -0.2) is 55.2 Å². The number of halogens is 2. The van der Waals surface area contributed by atoms with E-state index in [9.17, 15) is 8.78 Å². The van der Waals surface area contributed by atoms with Gasteiger partial charge in [-0.3, -0.25) is 4.90 Å². The molecular formula is C18H32F2N2. The predicted octanol–water partition coefficient (Wildman–Crippen LogP) is 4.36. The third-order valence-electron chi connectivity index (χ3n) is 3.39. The van der Waals surface area contributed by atoms with Crippen molar-refractivity contribution in [1.29, 1.82) is 0 Å². The highest BCUT2D eigenvalue weighted by Gasteiger charge is 2.10. The molecule has 0 saturated heterocycles. The third kappa shape index (κ3) is 9.85. The lowest BCUT2D eigenvalue weighted by molar-refractivity contribution is 0.252. The molecular weight excluding hydrogens is 282 g/mol. The van der Waals surface area contributed by atoms with Crippen molar-refractivity contribution in [1.82, 2.24) is 9.80 Å². The molecule has 1 atom stereocenters. The van der Waals surface area contributed by atoms with Gasteiger partial charge in [-0.15, -0.1) is 0 Å². The van der Waals surface area contributed by atoms with Gasteiger partial charge in [-0.2, -0.15) is 0 Å². The molecule has 0 aromatic heterocycles. The molecule has 0 fully saturated rings. The second-order valence-corrected chi connectivity index (χ2v) is 5.56. The molecule has 0 aromatic rings. The number of hydrogen-bond donors (Lipinski definition) is 0. The Morgan fingerprint density at radius 3 is 2.50 bits per heavy atom. The molecule has 128 valence electrons. The molecule has 4 heteroatoms. The SMILES string of the molecule is CC.CC(C)N1CC=CC=C(F)C1.CN1CC=CC(F)CC1. The zero-order chi connectivity index (χ0) is 17.0. The van der Waals surface area contributed by atoms with Crippen molar-refractivity contribution in [3.8, 4) is 0 Å². The first-order chi connectivity index (χ1) is 10.5. The van der Waals surface area contributed by atoms with Gasteiger partial charge in [0.1, 0.15) is 12.0 Å². The lowest BCUT2D eigenvalue weighted by Crippen LogP contribution is -2.31. The summed E-state index contributed by atoms with van der Waals surface area (Å²) < 4.78 is 25.3. The average molecular weight is 314 g/mol. The van der Waals surface area contributed by atoms with Gasteiger partial charge in [-0.1, -0.05) is 38.2 Å². The lowest BCUT2D eigenvalue weighted by atomic mass is 10.3. The van der Waals surface area contributed by atoms with Gasteiger partial charge in [0.05, 0.1) is 6.54 Å². The molecule has 2 heterocycles. The highest BCUT2D eigenvalue weighted by molar-refractivity contribution is 5.12. The molecule has 2 nitrogen and oxygen atoms in total. The fourth-order valence-corrected chi connectivity index (χ4v) is 1.99. The third-order valence-corrected chi connectivity index (χ3v) is 3.39. The summed E-state index contributed by atoms with van der Waals surface area (Å²) in [6.07, 6.45) is 8.75. The van der Waals surface area contributed by atoms with Gasteiger partial charge in [0.25, 0.3) is 0 Å². The van der Waals surface area contributed by atoms with Gasteiger partial charge in [-0.05, 0) is 33.4 Å². The van der Waals surface area contributed by atoms with Crippen molar-refractivity contribution in [3.05, 3.63) is 36.2 Å². The molecule has 0 N–H and O–H groups in total. The molecule has 0 aromatic carbocycles. The largest absolute Gasteiger partial charge is 0.303 e. The monoisotopic (exact) mass is 314 g/mol. The smallest absolute Gasteiger partial charge is 0.120 e. The van der Waals surface area contributed by atoms with Crippen LogP contribution in [0.1, 0.15) is 34.1 Å². The summed E-state index contributed by atoms with van der Waals surface area (Å²) in [4.78, 5) is 4.19. The summed E-state index contributed by atoms with van der Waals surface area (Å²) in [5.41, 5.74) is 0. The second kappa shape index (κ2) is 12.5. The molecule has 0 aliphatic carbocycles. The Morgan fingerprint density at radius 1 is 1.18 bits per heavy atom. The number of nitrogens with zero attached hydrogens (tertiary/aromatic N) is 2. The summed E-state index contributed by atoms with van der Waals surface area (Å²) in [5.74, 6) is -0.0487. The number of likely N-dealkylation sites (N-methyl/N-ethyl adjacent to an activating group) is 1. The first kappa shape index (κ1) is 21.0. The number of allylic oxidation sites excluding steroid dienone is 3. The van der Waals surface area contributed by atoms with Gasteiger partial charge >= 0.3 is 0 Å². The Morgan fingerprint density at radius 2 is 1.86 bits per heavy atom. The average Bonchev–Trinajstić information content (AvgIpc) is 2.83. The Labute approximate surface area is 135 Å². The topological polar surface area (TPSA) is 6.48 Å². The minimum atomic E-state index is -0.713. The van der Waals surface area contributed by atoms with Crippen LogP contribution in [0.4, 0.5) is 8.78 Å². The van der Waals surface area contributed by atoms with E-state index in [2.05, 4.69) is 23.6 Å². The Hall–Kier alpha value is -1.00. The molecule has 2 aliphatic rings. The standard InChI is InChI=1S/C9H14FN.C7H12FN.C2H6/c1-8(2)11-6-4-3-5-9(10)7-11;1-9-5-2-3-7(8)4-6-9;1-2/h3-5,8H,6-7H2,1-2H3;2-3,7H,4-6H2,1H3;1-2H3. The van der Waals surface area contributed by atoms with Crippen LogP contribution in [0.5, 0.6) is 0 Å². The van der Waals surface area contributed by atoms with E-state index in [1.807, 2.05) is 33.0 Å². The van der Waals surface area contributed by atoms with Gasteiger partial charge in [0, 0.05) is 25.7 Å². The van der Waals surface area contributed by atoms with Crippen molar-refractivity contribution >= 4 is 0 Å². The zero-order valence-electron chi connectivity index (χ0n) is 14.7. The predicted molar refractivity (Wildman–Crippen MR) is 92.5 cm³/mol. The van der Waals surface area contributed by atoms with Crippen LogP contribution in [-0.2, 0) is 0 Å². The second-order valence-electron chi connectivity index (χ2n) is 5.56. The molecule has 0 amide bonds. The molecule has 0 saturated carbocycles. The van der Waals surface area contributed by atoms with Crippen LogP contribution >= 0.6 is 0 Å². The van der Waals surface area contributed by atoms with E-state index in [0.717, 1.165) is 19.6 Å². The van der Waals surface area contributed by atoms with Crippen molar-refractivity contribution in [2.75, 3.05) is 33.2 Å². The van der Waals surface area contributed by atoms with E-state index >= 15 is 0 Å². The molecule has 22 heavy (non-hydrogen) atoms. The molecule has 0 radical (unpaired) electrons. The van der Waals surface area contributed by atoms with Gasteiger partial charge < -0.3 is 4.90 Å². The Balaban J connectivity index is 0.000000366. The van der Waals surface area contributed by atoms with Crippen molar-refractivity contribution in [2.24, 2.45) is 0 Å². The summed E-state index contributed by atoms with van der Waals surface area (Å²) >= 11 is 0. The Kier molecular flexibility index (Phi) is 12.0. The Bertz CT molecular complexity index is 362. The quantitative estimate of drug-likeness (QED) is 0.663. The molecule has 1 unspecified atom stereocenters.